The summed E-state index contributed by atoms with van der Waals surface area (Å²) in [4.78, 5) is 22.3. The zero-order valence-electron chi connectivity index (χ0n) is 13.8. The van der Waals surface area contributed by atoms with Crippen molar-refractivity contribution in [1.82, 2.24) is 4.57 Å². The summed E-state index contributed by atoms with van der Waals surface area (Å²) in [7, 11) is 1.94. The summed E-state index contributed by atoms with van der Waals surface area (Å²) in [5, 5.41) is 2.50. The van der Waals surface area contributed by atoms with Crippen LogP contribution in [0.15, 0.2) is 53.5 Å². The first-order chi connectivity index (χ1) is 12.2. The molecule has 0 bridgehead atoms. The van der Waals surface area contributed by atoms with Gasteiger partial charge in [0.15, 0.2) is 0 Å². The van der Waals surface area contributed by atoms with Crippen LogP contribution in [0.1, 0.15) is 5.69 Å². The van der Waals surface area contributed by atoms with Crippen LogP contribution in [0.5, 0.6) is 0 Å². The van der Waals surface area contributed by atoms with Crippen molar-refractivity contribution >= 4 is 28.1 Å². The van der Waals surface area contributed by atoms with Gasteiger partial charge in [-0.05, 0) is 12.1 Å². The van der Waals surface area contributed by atoms with Gasteiger partial charge in [0.05, 0.1) is 34.4 Å². The molecule has 1 amide bonds. The Morgan fingerprint density at radius 2 is 1.92 bits per heavy atom. The first kappa shape index (κ1) is 15.6. The van der Waals surface area contributed by atoms with Crippen molar-refractivity contribution in [2.75, 3.05) is 18.6 Å². The van der Waals surface area contributed by atoms with Gasteiger partial charge in [0, 0.05) is 24.2 Å². The number of carbonyl (C=O) groups excluding carboxylic acids is 1. The van der Waals surface area contributed by atoms with E-state index >= 15 is 0 Å². The summed E-state index contributed by atoms with van der Waals surface area (Å²) in [5.74, 6) is -0.242. The highest BCUT2D eigenvalue weighted by Crippen LogP contribution is 2.34. The second-order valence-corrected chi connectivity index (χ2v) is 5.85. The van der Waals surface area contributed by atoms with Crippen LogP contribution in [0, 0.1) is 0 Å². The van der Waals surface area contributed by atoms with Crippen molar-refractivity contribution in [3.05, 3.63) is 64.8 Å². The van der Waals surface area contributed by atoms with Crippen LogP contribution in [-0.4, -0.2) is 23.6 Å². The number of aromatic nitrogens is 1. The molecule has 3 N–H and O–H groups in total. The van der Waals surface area contributed by atoms with Crippen molar-refractivity contribution in [2.45, 2.75) is 0 Å². The Bertz CT molecular complexity index is 1100. The van der Waals surface area contributed by atoms with Crippen molar-refractivity contribution in [3.63, 3.8) is 0 Å². The number of hydrogen-bond donors (Lipinski definition) is 2. The zero-order chi connectivity index (χ0) is 17.4. The van der Waals surface area contributed by atoms with Gasteiger partial charge in [-0.3, -0.25) is 15.1 Å². The van der Waals surface area contributed by atoms with Crippen molar-refractivity contribution in [1.29, 1.82) is 0 Å². The largest absolute Gasteiger partial charge is 0.342 e. The molecule has 3 aromatic rings. The molecule has 2 heterocycles. The monoisotopic (exact) mass is 334 g/mol. The Kier molecular flexibility index (Phi) is 3.83. The summed E-state index contributed by atoms with van der Waals surface area (Å²) < 4.78 is 1.99. The molecule has 0 fully saturated rings. The lowest BCUT2D eigenvalue weighted by Crippen LogP contribution is -2.23. The summed E-state index contributed by atoms with van der Waals surface area (Å²) in [6.07, 6.45) is 0. The third-order valence-corrected chi connectivity index (χ3v) is 4.35. The van der Waals surface area contributed by atoms with E-state index < -0.39 is 0 Å². The number of hydrogen-bond acceptors (Lipinski definition) is 4. The fraction of sp³-hybridized carbons (Fsp3) is 0.158. The average molecular weight is 334 g/mol. The molecule has 1 aromatic heterocycles. The summed E-state index contributed by atoms with van der Waals surface area (Å²) in [5.41, 5.74) is 11.6. The smallest absolute Gasteiger partial charge is 0.280 e. The molecule has 0 radical (unpaired) electrons. The van der Waals surface area contributed by atoms with E-state index in [0.29, 0.717) is 24.1 Å². The predicted molar refractivity (Wildman–Crippen MR) is 96.3 cm³/mol. The Hall–Kier alpha value is -2.96. The normalized spacial score (nSPS) is 13.2. The quantitative estimate of drug-likeness (QED) is 0.535. The molecule has 126 valence electrons. The first-order valence-corrected chi connectivity index (χ1v) is 8.10. The van der Waals surface area contributed by atoms with Crippen LogP contribution < -0.4 is 21.8 Å². The number of para-hydroxylation sites is 2. The molecule has 0 saturated heterocycles. The summed E-state index contributed by atoms with van der Waals surface area (Å²) in [6.45, 7) is 0.771. The maximum atomic E-state index is 12.6. The van der Waals surface area contributed by atoms with Gasteiger partial charge in [-0.15, -0.1) is 0 Å². The van der Waals surface area contributed by atoms with Gasteiger partial charge >= 0.3 is 0 Å². The standard InChI is InChI=1S/C19H18N4O2/c1-23-15-9-5-3-7-13(15)17(22-25-11-10-20)18(23)16-12-6-2-4-8-14(12)21-19(16)24/h2-9,22H,10-11,20H2,1H3. The fourth-order valence-corrected chi connectivity index (χ4v) is 3.26. The van der Waals surface area contributed by atoms with E-state index in [9.17, 15) is 4.79 Å². The number of nitrogens with two attached hydrogens (primary N) is 1. The van der Waals surface area contributed by atoms with Crippen LogP contribution in [0.4, 0.5) is 5.69 Å². The molecule has 0 atom stereocenters. The average Bonchev–Trinajstić information content (AvgIpc) is 3.09. The molecule has 0 spiro atoms. The van der Waals surface area contributed by atoms with Crippen molar-refractivity contribution in [2.24, 2.45) is 17.8 Å². The van der Waals surface area contributed by atoms with Crippen LogP contribution >= 0.6 is 0 Å². The molecule has 0 unspecified atom stereocenters. The molecule has 1 aliphatic rings. The lowest BCUT2D eigenvalue weighted by molar-refractivity contribution is -0.112. The van der Waals surface area contributed by atoms with Gasteiger partial charge in [-0.25, -0.2) is 4.99 Å². The van der Waals surface area contributed by atoms with E-state index in [2.05, 4.69) is 10.5 Å². The van der Waals surface area contributed by atoms with E-state index in [1.165, 1.54) is 0 Å². The molecule has 25 heavy (non-hydrogen) atoms. The van der Waals surface area contributed by atoms with Gasteiger partial charge in [0.1, 0.15) is 0 Å². The second-order valence-electron chi connectivity index (χ2n) is 5.85. The van der Waals surface area contributed by atoms with Crippen molar-refractivity contribution < 1.29 is 9.63 Å². The lowest BCUT2D eigenvalue weighted by atomic mass is 10.1. The molecule has 4 rings (SSSR count). The van der Waals surface area contributed by atoms with Crippen LogP contribution in [0.25, 0.3) is 16.5 Å². The second kappa shape index (κ2) is 6.16. The number of carbonyl (C=O) groups is 1. The zero-order valence-corrected chi connectivity index (χ0v) is 13.8. The van der Waals surface area contributed by atoms with E-state index in [-0.39, 0.29) is 5.91 Å². The number of amides is 1. The SMILES string of the molecule is Cn1c(C2=c3ccccc3=NC2=O)c(NOCCN)c2ccccc21. The highest BCUT2D eigenvalue weighted by molar-refractivity contribution is 6.23. The first-order valence-electron chi connectivity index (χ1n) is 8.10. The topological polar surface area (TPSA) is 81.6 Å². The minimum absolute atomic E-state index is 0.242. The molecule has 6 heteroatoms. The third-order valence-electron chi connectivity index (χ3n) is 4.35. The van der Waals surface area contributed by atoms with E-state index in [1.54, 1.807) is 0 Å². The minimum Gasteiger partial charge on any atom is -0.342 e. The molecular formula is C19H18N4O2. The van der Waals surface area contributed by atoms with Crippen LogP contribution in [-0.2, 0) is 16.7 Å². The highest BCUT2D eigenvalue weighted by Gasteiger charge is 2.26. The number of nitrogens with one attached hydrogen (secondary N) is 1. The predicted octanol–water partition coefficient (Wildman–Crippen LogP) is 0.839. The van der Waals surface area contributed by atoms with E-state index in [0.717, 1.165) is 27.5 Å². The Balaban J connectivity index is 2.02. The molecule has 6 nitrogen and oxygen atoms in total. The Labute approximate surface area is 144 Å². The number of anilines is 1. The van der Waals surface area contributed by atoms with E-state index in [1.807, 2.05) is 60.1 Å². The minimum atomic E-state index is -0.242. The molecule has 0 aliphatic carbocycles. The summed E-state index contributed by atoms with van der Waals surface area (Å²) >= 11 is 0. The molecular weight excluding hydrogens is 316 g/mol. The summed E-state index contributed by atoms with van der Waals surface area (Å²) in [6, 6.07) is 15.5. The highest BCUT2D eigenvalue weighted by atomic mass is 16.6. The number of benzene rings is 2. The molecule has 2 aromatic carbocycles. The van der Waals surface area contributed by atoms with Crippen molar-refractivity contribution in [3.8, 4) is 0 Å². The maximum Gasteiger partial charge on any atom is 0.280 e. The number of nitrogens with zero attached hydrogens (tertiary/aromatic N) is 2. The lowest BCUT2D eigenvalue weighted by Gasteiger charge is -2.10. The third kappa shape index (κ3) is 2.43. The number of rotatable bonds is 5. The maximum absolute atomic E-state index is 12.6. The van der Waals surface area contributed by atoms with Gasteiger partial charge in [0.2, 0.25) is 0 Å². The Morgan fingerprint density at radius 3 is 2.76 bits per heavy atom. The van der Waals surface area contributed by atoms with E-state index in [4.69, 9.17) is 10.6 Å². The van der Waals surface area contributed by atoms with Crippen LogP contribution in [0.2, 0.25) is 0 Å². The van der Waals surface area contributed by atoms with Gasteiger partial charge in [0.25, 0.3) is 5.91 Å². The fourth-order valence-electron chi connectivity index (χ4n) is 3.26. The Morgan fingerprint density at radius 1 is 1.16 bits per heavy atom. The molecule has 1 aliphatic heterocycles. The van der Waals surface area contributed by atoms with Gasteiger partial charge < -0.3 is 10.3 Å². The number of fused-ring (bicyclic) bond motifs is 2. The molecule has 0 saturated carbocycles. The van der Waals surface area contributed by atoms with Gasteiger partial charge in [-0.1, -0.05) is 36.4 Å². The number of aryl methyl sites for hydroxylation is 1. The van der Waals surface area contributed by atoms with Crippen LogP contribution in [0.3, 0.4) is 0 Å². The van der Waals surface area contributed by atoms with Gasteiger partial charge in [-0.2, -0.15) is 0 Å².